The fraction of sp³-hybridized carbons (Fsp3) is 0.500. The SMILES string of the molecule is CC1(Nc2ccc(C(=O)O)o2)CCOC1. The van der Waals surface area contributed by atoms with Gasteiger partial charge in [0.15, 0.2) is 5.88 Å². The van der Waals surface area contributed by atoms with Gasteiger partial charge in [-0.25, -0.2) is 4.79 Å². The Kier molecular flexibility index (Phi) is 2.40. The maximum Gasteiger partial charge on any atom is 0.371 e. The van der Waals surface area contributed by atoms with Gasteiger partial charge < -0.3 is 19.6 Å². The molecule has 1 fully saturated rings. The number of nitrogens with one attached hydrogen (secondary N) is 1. The van der Waals surface area contributed by atoms with Crippen molar-refractivity contribution in [2.75, 3.05) is 18.5 Å². The Morgan fingerprint density at radius 2 is 2.40 bits per heavy atom. The third-order valence-corrected chi connectivity index (χ3v) is 2.46. The van der Waals surface area contributed by atoms with Crippen LogP contribution in [0.25, 0.3) is 0 Å². The molecule has 2 rings (SSSR count). The summed E-state index contributed by atoms with van der Waals surface area (Å²) in [6.07, 6.45) is 0.885. The van der Waals surface area contributed by atoms with E-state index < -0.39 is 5.97 Å². The summed E-state index contributed by atoms with van der Waals surface area (Å²) >= 11 is 0. The molecule has 0 aromatic carbocycles. The summed E-state index contributed by atoms with van der Waals surface area (Å²) in [5, 5.41) is 11.8. The van der Waals surface area contributed by atoms with Crippen LogP contribution < -0.4 is 5.32 Å². The van der Waals surface area contributed by atoms with Crippen molar-refractivity contribution >= 4 is 11.9 Å². The largest absolute Gasteiger partial charge is 0.475 e. The van der Waals surface area contributed by atoms with Crippen LogP contribution in [0.3, 0.4) is 0 Å². The van der Waals surface area contributed by atoms with Crippen LogP contribution in [0, 0.1) is 0 Å². The Morgan fingerprint density at radius 3 is 2.93 bits per heavy atom. The zero-order chi connectivity index (χ0) is 10.9. The lowest BCUT2D eigenvalue weighted by Crippen LogP contribution is -2.34. The van der Waals surface area contributed by atoms with Crippen molar-refractivity contribution in [1.29, 1.82) is 0 Å². The molecular formula is C10H13NO4. The summed E-state index contributed by atoms with van der Waals surface area (Å²) in [5.41, 5.74) is -0.159. The van der Waals surface area contributed by atoms with Crippen molar-refractivity contribution in [3.05, 3.63) is 17.9 Å². The number of carboxylic acids is 1. The minimum absolute atomic E-state index is 0.0555. The minimum atomic E-state index is -1.06. The average molecular weight is 211 g/mol. The topological polar surface area (TPSA) is 71.7 Å². The fourth-order valence-electron chi connectivity index (χ4n) is 1.58. The van der Waals surface area contributed by atoms with E-state index in [-0.39, 0.29) is 11.3 Å². The lowest BCUT2D eigenvalue weighted by molar-refractivity contribution is 0.0663. The molecule has 1 aliphatic rings. The van der Waals surface area contributed by atoms with Crippen molar-refractivity contribution in [1.82, 2.24) is 0 Å². The molecule has 0 spiro atoms. The number of ether oxygens (including phenoxy) is 1. The van der Waals surface area contributed by atoms with E-state index in [1.54, 1.807) is 6.07 Å². The first-order valence-electron chi connectivity index (χ1n) is 4.78. The molecule has 0 radical (unpaired) electrons. The van der Waals surface area contributed by atoms with Crippen LogP contribution >= 0.6 is 0 Å². The van der Waals surface area contributed by atoms with Crippen molar-refractivity contribution < 1.29 is 19.1 Å². The first kappa shape index (κ1) is 10.0. The first-order chi connectivity index (χ1) is 7.09. The molecular weight excluding hydrogens is 198 g/mol. The van der Waals surface area contributed by atoms with Gasteiger partial charge in [0.25, 0.3) is 0 Å². The van der Waals surface area contributed by atoms with Gasteiger partial charge in [0.2, 0.25) is 5.76 Å². The van der Waals surface area contributed by atoms with E-state index in [0.717, 1.165) is 13.0 Å². The highest BCUT2D eigenvalue weighted by molar-refractivity contribution is 5.84. The second kappa shape index (κ2) is 3.58. The number of hydrogen-bond acceptors (Lipinski definition) is 4. The lowest BCUT2D eigenvalue weighted by atomic mass is 10.0. The number of carboxylic acid groups (broad SMARTS) is 1. The van der Waals surface area contributed by atoms with Gasteiger partial charge in [-0.05, 0) is 19.4 Å². The summed E-state index contributed by atoms with van der Waals surface area (Å²) in [6.45, 7) is 3.34. The normalized spacial score (nSPS) is 25.4. The highest BCUT2D eigenvalue weighted by Crippen LogP contribution is 2.24. The molecule has 0 amide bonds. The molecule has 1 atom stereocenters. The summed E-state index contributed by atoms with van der Waals surface area (Å²) in [5.74, 6) is -0.642. The van der Waals surface area contributed by atoms with Crippen LogP contribution in [0.2, 0.25) is 0 Å². The highest BCUT2D eigenvalue weighted by atomic mass is 16.5. The first-order valence-corrected chi connectivity index (χ1v) is 4.78. The molecule has 5 heteroatoms. The zero-order valence-corrected chi connectivity index (χ0v) is 8.45. The van der Waals surface area contributed by atoms with Crippen molar-refractivity contribution in [2.24, 2.45) is 0 Å². The van der Waals surface area contributed by atoms with Crippen LogP contribution in [0.1, 0.15) is 23.9 Å². The predicted molar refractivity (Wildman–Crippen MR) is 53.1 cm³/mol. The molecule has 0 saturated carbocycles. The molecule has 1 unspecified atom stereocenters. The van der Waals surface area contributed by atoms with Gasteiger partial charge >= 0.3 is 5.97 Å². The summed E-state index contributed by atoms with van der Waals surface area (Å²) < 4.78 is 10.4. The third kappa shape index (κ3) is 2.12. The Labute approximate surface area is 87.0 Å². The van der Waals surface area contributed by atoms with Crippen LogP contribution in [0.4, 0.5) is 5.88 Å². The predicted octanol–water partition coefficient (Wildman–Crippen LogP) is 1.57. The Bertz CT molecular complexity index is 365. The number of aromatic carboxylic acids is 1. The van der Waals surface area contributed by atoms with Crippen molar-refractivity contribution in [3.8, 4) is 0 Å². The van der Waals surface area contributed by atoms with E-state index in [1.165, 1.54) is 6.07 Å². The van der Waals surface area contributed by atoms with Gasteiger partial charge in [-0.3, -0.25) is 0 Å². The van der Waals surface area contributed by atoms with E-state index in [2.05, 4.69) is 5.32 Å². The summed E-state index contributed by atoms with van der Waals surface area (Å²) in [6, 6.07) is 3.05. The number of carbonyl (C=O) groups is 1. The molecule has 2 heterocycles. The molecule has 0 bridgehead atoms. The maximum atomic E-state index is 10.6. The summed E-state index contributed by atoms with van der Waals surface area (Å²) in [4.78, 5) is 10.6. The molecule has 1 saturated heterocycles. The fourth-order valence-corrected chi connectivity index (χ4v) is 1.58. The van der Waals surface area contributed by atoms with Gasteiger partial charge in [-0.1, -0.05) is 0 Å². The third-order valence-electron chi connectivity index (χ3n) is 2.46. The lowest BCUT2D eigenvalue weighted by Gasteiger charge is -2.22. The number of furan rings is 1. The zero-order valence-electron chi connectivity index (χ0n) is 8.45. The van der Waals surface area contributed by atoms with E-state index in [4.69, 9.17) is 14.3 Å². The van der Waals surface area contributed by atoms with Crippen LogP contribution in [0.5, 0.6) is 0 Å². The maximum absolute atomic E-state index is 10.6. The van der Waals surface area contributed by atoms with E-state index in [0.29, 0.717) is 12.5 Å². The quantitative estimate of drug-likeness (QED) is 0.794. The molecule has 5 nitrogen and oxygen atoms in total. The van der Waals surface area contributed by atoms with E-state index in [9.17, 15) is 4.79 Å². The second-order valence-corrected chi connectivity index (χ2v) is 3.96. The standard InChI is InChI=1S/C10H13NO4/c1-10(4-5-14-6-10)11-8-3-2-7(15-8)9(12)13/h2-3,11H,4-6H2,1H3,(H,12,13). The number of hydrogen-bond donors (Lipinski definition) is 2. The Balaban J connectivity index is 2.07. The van der Waals surface area contributed by atoms with Crippen molar-refractivity contribution in [2.45, 2.75) is 18.9 Å². The van der Waals surface area contributed by atoms with Crippen LogP contribution in [0.15, 0.2) is 16.5 Å². The van der Waals surface area contributed by atoms with Gasteiger partial charge in [-0.15, -0.1) is 0 Å². The Morgan fingerprint density at radius 1 is 1.60 bits per heavy atom. The number of anilines is 1. The minimum Gasteiger partial charge on any atom is -0.475 e. The average Bonchev–Trinajstić information content (AvgIpc) is 2.75. The van der Waals surface area contributed by atoms with Crippen molar-refractivity contribution in [3.63, 3.8) is 0 Å². The number of rotatable bonds is 3. The van der Waals surface area contributed by atoms with Gasteiger partial charge in [0.1, 0.15) is 0 Å². The molecule has 15 heavy (non-hydrogen) atoms. The van der Waals surface area contributed by atoms with Crippen LogP contribution in [-0.2, 0) is 4.74 Å². The molecule has 82 valence electrons. The highest BCUT2D eigenvalue weighted by Gasteiger charge is 2.30. The molecule has 0 aliphatic carbocycles. The van der Waals surface area contributed by atoms with Gasteiger partial charge in [0, 0.05) is 12.7 Å². The smallest absolute Gasteiger partial charge is 0.371 e. The van der Waals surface area contributed by atoms with Crippen LogP contribution in [-0.4, -0.2) is 29.8 Å². The van der Waals surface area contributed by atoms with Gasteiger partial charge in [0.05, 0.1) is 12.1 Å². The monoisotopic (exact) mass is 211 g/mol. The molecule has 1 aliphatic heterocycles. The second-order valence-electron chi connectivity index (χ2n) is 3.96. The molecule has 2 N–H and O–H groups in total. The molecule has 1 aromatic rings. The van der Waals surface area contributed by atoms with Gasteiger partial charge in [-0.2, -0.15) is 0 Å². The summed E-state index contributed by atoms with van der Waals surface area (Å²) in [7, 11) is 0. The molecule has 1 aromatic heterocycles. The van der Waals surface area contributed by atoms with E-state index >= 15 is 0 Å². The Hall–Kier alpha value is -1.49. The van der Waals surface area contributed by atoms with E-state index in [1.807, 2.05) is 6.92 Å².